The molecule has 0 radical (unpaired) electrons. The number of nitrogens with zero attached hydrogens (tertiary/aromatic N) is 1. The molecule has 8 heteroatoms. The van der Waals surface area contributed by atoms with Crippen molar-refractivity contribution in [1.82, 2.24) is 4.31 Å². The van der Waals surface area contributed by atoms with E-state index in [-0.39, 0.29) is 17.2 Å². The molecule has 7 nitrogen and oxygen atoms in total. The van der Waals surface area contributed by atoms with Crippen LogP contribution in [0.4, 0.5) is 5.69 Å². The van der Waals surface area contributed by atoms with Crippen molar-refractivity contribution in [1.29, 1.82) is 0 Å². The van der Waals surface area contributed by atoms with Crippen molar-refractivity contribution in [2.24, 2.45) is 0 Å². The molecule has 1 aliphatic rings. The first-order valence-corrected chi connectivity index (χ1v) is 11.4. The van der Waals surface area contributed by atoms with Crippen molar-refractivity contribution >= 4 is 27.6 Å². The molecule has 0 aromatic heterocycles. The highest BCUT2D eigenvalue weighted by atomic mass is 32.2. The largest absolute Gasteiger partial charge is 0.465 e. The van der Waals surface area contributed by atoms with Crippen LogP contribution in [0.15, 0.2) is 53.4 Å². The molecule has 30 heavy (non-hydrogen) atoms. The van der Waals surface area contributed by atoms with Gasteiger partial charge in [-0.15, -0.1) is 0 Å². The number of aryl methyl sites for hydroxylation is 1. The number of para-hydroxylation sites is 1. The lowest BCUT2D eigenvalue weighted by atomic mass is 10.1. The van der Waals surface area contributed by atoms with Gasteiger partial charge in [-0.1, -0.05) is 30.7 Å². The van der Waals surface area contributed by atoms with Gasteiger partial charge >= 0.3 is 5.97 Å². The van der Waals surface area contributed by atoms with E-state index in [9.17, 15) is 18.0 Å². The van der Waals surface area contributed by atoms with Crippen LogP contribution < -0.4 is 5.32 Å². The van der Waals surface area contributed by atoms with Crippen LogP contribution in [0.25, 0.3) is 0 Å². The maximum absolute atomic E-state index is 12.7. The van der Waals surface area contributed by atoms with Gasteiger partial charge in [-0.05, 0) is 49.1 Å². The molecule has 0 spiro atoms. The number of anilines is 1. The number of amides is 1. The number of carbonyl (C=O) groups excluding carboxylic acids is 2. The summed E-state index contributed by atoms with van der Waals surface area (Å²) in [5, 5.41) is 2.73. The van der Waals surface area contributed by atoms with Crippen molar-refractivity contribution in [2.75, 3.05) is 25.5 Å². The maximum Gasteiger partial charge on any atom is 0.339 e. The lowest BCUT2D eigenvalue weighted by molar-refractivity contribution is -0.116. The molecule has 1 saturated heterocycles. The molecular formula is C22H26N2O5S. The van der Waals surface area contributed by atoms with Gasteiger partial charge in [0.25, 0.3) is 0 Å². The van der Waals surface area contributed by atoms with E-state index in [0.29, 0.717) is 30.8 Å². The Hall–Kier alpha value is -2.71. The van der Waals surface area contributed by atoms with E-state index in [1.807, 2.05) is 0 Å². The summed E-state index contributed by atoms with van der Waals surface area (Å²) in [6, 6.07) is 13.3. The third-order valence-corrected chi connectivity index (χ3v) is 7.04. The zero-order chi connectivity index (χ0) is 21.6. The van der Waals surface area contributed by atoms with Gasteiger partial charge in [0.1, 0.15) is 0 Å². The molecule has 3 rings (SSSR count). The average molecular weight is 431 g/mol. The summed E-state index contributed by atoms with van der Waals surface area (Å²) in [7, 11) is -2.17. The minimum atomic E-state index is -3.46. The summed E-state index contributed by atoms with van der Waals surface area (Å²) in [5.74, 6) is -0.757. The van der Waals surface area contributed by atoms with Gasteiger partial charge < -0.3 is 10.1 Å². The van der Waals surface area contributed by atoms with Gasteiger partial charge in [-0.2, -0.15) is 4.31 Å². The average Bonchev–Trinajstić information content (AvgIpc) is 2.78. The van der Waals surface area contributed by atoms with Crippen LogP contribution >= 0.6 is 0 Å². The van der Waals surface area contributed by atoms with E-state index in [1.165, 1.54) is 11.4 Å². The number of sulfonamides is 1. The predicted molar refractivity (Wildman–Crippen MR) is 114 cm³/mol. The van der Waals surface area contributed by atoms with Crippen LogP contribution in [0, 0.1) is 0 Å². The lowest BCUT2D eigenvalue weighted by Gasteiger charge is -2.25. The third kappa shape index (κ3) is 5.25. The number of hydrogen-bond acceptors (Lipinski definition) is 5. The Kier molecular flexibility index (Phi) is 7.23. The van der Waals surface area contributed by atoms with Crippen molar-refractivity contribution in [3.63, 3.8) is 0 Å². The fraction of sp³-hybridized carbons (Fsp3) is 0.364. The number of rotatable bonds is 7. The van der Waals surface area contributed by atoms with E-state index in [4.69, 9.17) is 4.74 Å². The fourth-order valence-electron chi connectivity index (χ4n) is 3.43. The predicted octanol–water partition coefficient (Wildman–Crippen LogP) is 3.22. The highest BCUT2D eigenvalue weighted by Gasteiger charge is 2.25. The SMILES string of the molecule is COC(=O)c1ccccc1NC(=O)CCc1ccc(S(=O)(=O)N2CCCCC2)cc1. The number of ether oxygens (including phenoxy) is 1. The Morgan fingerprint density at radius 2 is 1.67 bits per heavy atom. The first-order valence-electron chi connectivity index (χ1n) is 9.98. The standard InChI is InChI=1S/C22H26N2O5S/c1-29-22(26)19-7-3-4-8-20(19)23-21(25)14-11-17-9-12-18(13-10-17)30(27,28)24-15-5-2-6-16-24/h3-4,7-10,12-13H,2,5-6,11,14-16H2,1H3,(H,23,25). The second kappa shape index (κ2) is 9.86. The molecule has 1 heterocycles. The smallest absolute Gasteiger partial charge is 0.339 e. The normalized spacial score (nSPS) is 14.8. The quantitative estimate of drug-likeness (QED) is 0.681. The zero-order valence-corrected chi connectivity index (χ0v) is 17.8. The van der Waals surface area contributed by atoms with Crippen LogP contribution in [0.2, 0.25) is 0 Å². The minimum absolute atomic E-state index is 0.202. The first-order chi connectivity index (χ1) is 14.4. The van der Waals surface area contributed by atoms with Crippen LogP contribution in [0.1, 0.15) is 41.6 Å². The van der Waals surface area contributed by atoms with Gasteiger partial charge in [0, 0.05) is 19.5 Å². The maximum atomic E-state index is 12.7. The highest BCUT2D eigenvalue weighted by molar-refractivity contribution is 7.89. The van der Waals surface area contributed by atoms with Crippen LogP contribution in [-0.4, -0.2) is 44.8 Å². The Bertz CT molecular complexity index is 996. The first kappa shape index (κ1) is 22.0. The summed E-state index contributed by atoms with van der Waals surface area (Å²) in [4.78, 5) is 24.4. The Morgan fingerprint density at radius 3 is 2.33 bits per heavy atom. The van der Waals surface area contributed by atoms with Crippen molar-refractivity contribution in [3.05, 3.63) is 59.7 Å². The van der Waals surface area contributed by atoms with Crippen LogP contribution in [0.5, 0.6) is 0 Å². The van der Waals surface area contributed by atoms with E-state index >= 15 is 0 Å². The molecule has 1 aliphatic heterocycles. The lowest BCUT2D eigenvalue weighted by Crippen LogP contribution is -2.35. The number of piperidine rings is 1. The van der Waals surface area contributed by atoms with Gasteiger partial charge in [-0.25, -0.2) is 13.2 Å². The van der Waals surface area contributed by atoms with E-state index < -0.39 is 16.0 Å². The van der Waals surface area contributed by atoms with Gasteiger partial charge in [0.05, 0.1) is 23.3 Å². The van der Waals surface area contributed by atoms with E-state index in [2.05, 4.69) is 5.32 Å². The molecule has 0 bridgehead atoms. The monoisotopic (exact) mass is 430 g/mol. The number of methoxy groups -OCH3 is 1. The zero-order valence-electron chi connectivity index (χ0n) is 17.0. The second-order valence-corrected chi connectivity index (χ2v) is 9.13. The summed E-state index contributed by atoms with van der Waals surface area (Å²) < 4.78 is 31.7. The Balaban J connectivity index is 1.59. The summed E-state index contributed by atoms with van der Waals surface area (Å²) in [5.41, 5.74) is 1.56. The Morgan fingerprint density at radius 1 is 1.00 bits per heavy atom. The molecule has 1 fully saturated rings. The molecule has 1 amide bonds. The molecule has 0 atom stereocenters. The van der Waals surface area contributed by atoms with Gasteiger partial charge in [-0.3, -0.25) is 4.79 Å². The summed E-state index contributed by atoms with van der Waals surface area (Å²) in [6.45, 7) is 1.13. The number of carbonyl (C=O) groups is 2. The van der Waals surface area contributed by atoms with Crippen molar-refractivity contribution < 1.29 is 22.7 Å². The topological polar surface area (TPSA) is 92.8 Å². The number of nitrogens with one attached hydrogen (secondary N) is 1. The van der Waals surface area contributed by atoms with E-state index in [0.717, 1.165) is 24.8 Å². The number of benzene rings is 2. The second-order valence-electron chi connectivity index (χ2n) is 7.19. The molecule has 160 valence electrons. The van der Waals surface area contributed by atoms with Crippen LogP contribution in [0.3, 0.4) is 0 Å². The molecule has 0 unspecified atom stereocenters. The summed E-state index contributed by atoms with van der Waals surface area (Å²) >= 11 is 0. The van der Waals surface area contributed by atoms with Crippen molar-refractivity contribution in [3.8, 4) is 0 Å². The van der Waals surface area contributed by atoms with Crippen molar-refractivity contribution in [2.45, 2.75) is 37.0 Å². The number of hydrogen-bond donors (Lipinski definition) is 1. The molecule has 0 saturated carbocycles. The molecule has 0 aliphatic carbocycles. The molecule has 2 aromatic carbocycles. The van der Waals surface area contributed by atoms with Gasteiger partial charge in [0.2, 0.25) is 15.9 Å². The van der Waals surface area contributed by atoms with E-state index in [1.54, 1.807) is 48.5 Å². The Labute approximate surface area is 177 Å². The minimum Gasteiger partial charge on any atom is -0.465 e. The fourth-order valence-corrected chi connectivity index (χ4v) is 4.95. The number of esters is 1. The third-order valence-electron chi connectivity index (χ3n) is 5.12. The van der Waals surface area contributed by atoms with Gasteiger partial charge in [0.15, 0.2) is 0 Å². The summed E-state index contributed by atoms with van der Waals surface area (Å²) in [6.07, 6.45) is 3.51. The highest BCUT2D eigenvalue weighted by Crippen LogP contribution is 2.21. The molecule has 1 N–H and O–H groups in total. The molecular weight excluding hydrogens is 404 g/mol. The van der Waals surface area contributed by atoms with Crippen LogP contribution in [-0.2, 0) is 26.0 Å². The molecule has 2 aromatic rings.